The van der Waals surface area contributed by atoms with Gasteiger partial charge in [0.2, 0.25) is 5.91 Å². The molecule has 5 nitrogen and oxygen atoms in total. The minimum Gasteiger partial charge on any atom is -0.352 e. The molecule has 3 rings (SSSR count). The molecule has 104 valence electrons. The van der Waals surface area contributed by atoms with Gasteiger partial charge < -0.3 is 5.32 Å². The Labute approximate surface area is 118 Å². The van der Waals surface area contributed by atoms with Crippen molar-refractivity contribution in [2.75, 3.05) is 0 Å². The number of aromatic nitrogens is 3. The molecule has 0 spiro atoms. The van der Waals surface area contributed by atoms with Crippen molar-refractivity contribution in [3.8, 4) is 11.3 Å². The summed E-state index contributed by atoms with van der Waals surface area (Å²) in [5, 5.41) is 7.14. The lowest BCUT2D eigenvalue weighted by Crippen LogP contribution is -2.33. The van der Waals surface area contributed by atoms with E-state index < -0.39 is 0 Å². The number of hydrogen-bond acceptors (Lipinski definition) is 3. The Morgan fingerprint density at radius 2 is 2.30 bits per heavy atom. The van der Waals surface area contributed by atoms with Crippen molar-refractivity contribution in [3.05, 3.63) is 36.3 Å². The van der Waals surface area contributed by atoms with Gasteiger partial charge in [0.15, 0.2) is 0 Å². The fourth-order valence-electron chi connectivity index (χ4n) is 2.39. The molecular weight excluding hydrogens is 252 g/mol. The maximum Gasteiger partial charge on any atom is 0.223 e. The Morgan fingerprint density at radius 1 is 1.45 bits per heavy atom. The van der Waals surface area contributed by atoms with Gasteiger partial charge in [-0.25, -0.2) is 0 Å². The average molecular weight is 270 g/mol. The predicted octanol–water partition coefficient (Wildman–Crippen LogP) is 1.90. The third-order valence-electron chi connectivity index (χ3n) is 3.85. The van der Waals surface area contributed by atoms with E-state index in [0.717, 1.165) is 29.7 Å². The van der Waals surface area contributed by atoms with Crippen LogP contribution in [0, 0.1) is 5.92 Å². The molecule has 1 N–H and O–H groups in total. The zero-order valence-electron chi connectivity index (χ0n) is 11.5. The second-order valence-corrected chi connectivity index (χ2v) is 5.27. The van der Waals surface area contributed by atoms with E-state index in [2.05, 4.69) is 15.4 Å². The highest BCUT2D eigenvalue weighted by molar-refractivity contribution is 5.79. The molecule has 20 heavy (non-hydrogen) atoms. The highest BCUT2D eigenvalue weighted by atomic mass is 16.1. The topological polar surface area (TPSA) is 59.8 Å². The van der Waals surface area contributed by atoms with E-state index >= 15 is 0 Å². The van der Waals surface area contributed by atoms with Crippen molar-refractivity contribution in [1.82, 2.24) is 20.1 Å². The monoisotopic (exact) mass is 270 g/mol. The quantitative estimate of drug-likeness (QED) is 0.923. The molecule has 0 saturated heterocycles. The molecule has 1 fully saturated rings. The molecule has 0 aliphatic heterocycles. The van der Waals surface area contributed by atoms with E-state index in [9.17, 15) is 4.79 Å². The normalized spacial score (nSPS) is 14.8. The first kappa shape index (κ1) is 12.8. The van der Waals surface area contributed by atoms with Crippen molar-refractivity contribution in [2.45, 2.75) is 25.8 Å². The maximum absolute atomic E-state index is 11.8. The zero-order chi connectivity index (χ0) is 13.9. The fourth-order valence-corrected chi connectivity index (χ4v) is 2.39. The van der Waals surface area contributed by atoms with Gasteiger partial charge >= 0.3 is 0 Å². The smallest absolute Gasteiger partial charge is 0.223 e. The lowest BCUT2D eigenvalue weighted by atomic mass is 9.85. The largest absolute Gasteiger partial charge is 0.352 e. The van der Waals surface area contributed by atoms with Gasteiger partial charge in [0, 0.05) is 43.7 Å². The van der Waals surface area contributed by atoms with Gasteiger partial charge in [-0.2, -0.15) is 5.10 Å². The number of pyridine rings is 1. The third kappa shape index (κ3) is 2.57. The minimum absolute atomic E-state index is 0.169. The molecule has 0 unspecified atom stereocenters. The van der Waals surface area contributed by atoms with E-state index in [1.54, 1.807) is 12.4 Å². The number of carbonyl (C=O) groups is 1. The summed E-state index contributed by atoms with van der Waals surface area (Å²) in [6.45, 7) is 0.536. The van der Waals surface area contributed by atoms with Crippen molar-refractivity contribution in [1.29, 1.82) is 0 Å². The van der Waals surface area contributed by atoms with E-state index in [1.807, 2.05) is 30.1 Å². The highest BCUT2D eigenvalue weighted by Crippen LogP contribution is 2.26. The molecular formula is C15H18N4O. The number of nitrogens with zero attached hydrogens (tertiary/aromatic N) is 3. The van der Waals surface area contributed by atoms with Crippen molar-refractivity contribution in [3.63, 3.8) is 0 Å². The van der Waals surface area contributed by atoms with Crippen LogP contribution in [0.3, 0.4) is 0 Å². The minimum atomic E-state index is 0.169. The lowest BCUT2D eigenvalue weighted by molar-refractivity contribution is -0.127. The van der Waals surface area contributed by atoms with Crippen LogP contribution in [0.4, 0.5) is 0 Å². The van der Waals surface area contributed by atoms with Gasteiger partial charge in [-0.05, 0) is 30.5 Å². The molecule has 0 radical (unpaired) electrons. The summed E-state index contributed by atoms with van der Waals surface area (Å²) >= 11 is 0. The first-order valence-electron chi connectivity index (χ1n) is 6.94. The summed E-state index contributed by atoms with van der Waals surface area (Å²) in [6, 6.07) is 4.00. The standard InChI is InChI=1S/C15H18N4O/c1-19-14(5-6-18-19)13-7-11(8-16-10-13)9-17-15(20)12-3-2-4-12/h5-8,10,12H,2-4,9H2,1H3,(H,17,20). The van der Waals surface area contributed by atoms with Crippen LogP contribution in [-0.2, 0) is 18.4 Å². The Hall–Kier alpha value is -2.17. The number of hydrogen-bond donors (Lipinski definition) is 1. The van der Waals surface area contributed by atoms with Crippen LogP contribution in [0.5, 0.6) is 0 Å². The highest BCUT2D eigenvalue weighted by Gasteiger charge is 2.24. The Morgan fingerprint density at radius 3 is 2.95 bits per heavy atom. The summed E-state index contributed by atoms with van der Waals surface area (Å²) in [6.07, 6.45) is 8.60. The number of rotatable bonds is 4. The second kappa shape index (κ2) is 5.45. The van der Waals surface area contributed by atoms with E-state index in [0.29, 0.717) is 6.54 Å². The lowest BCUT2D eigenvalue weighted by Gasteiger charge is -2.24. The summed E-state index contributed by atoms with van der Waals surface area (Å²) in [5.74, 6) is 0.394. The number of nitrogens with one attached hydrogen (secondary N) is 1. The molecule has 1 saturated carbocycles. The van der Waals surface area contributed by atoms with Crippen molar-refractivity contribution in [2.24, 2.45) is 13.0 Å². The van der Waals surface area contributed by atoms with Gasteiger partial charge in [0.05, 0.1) is 5.69 Å². The molecule has 1 aliphatic rings. The van der Waals surface area contributed by atoms with Crippen molar-refractivity contribution >= 4 is 5.91 Å². The van der Waals surface area contributed by atoms with Gasteiger partial charge in [-0.15, -0.1) is 0 Å². The van der Waals surface area contributed by atoms with Crippen LogP contribution in [0.1, 0.15) is 24.8 Å². The van der Waals surface area contributed by atoms with Crippen LogP contribution in [0.15, 0.2) is 30.7 Å². The van der Waals surface area contributed by atoms with E-state index in [1.165, 1.54) is 6.42 Å². The zero-order valence-corrected chi connectivity index (χ0v) is 11.5. The van der Waals surface area contributed by atoms with Crippen LogP contribution in [-0.4, -0.2) is 20.7 Å². The van der Waals surface area contributed by atoms with E-state index in [-0.39, 0.29) is 11.8 Å². The molecule has 0 atom stereocenters. The van der Waals surface area contributed by atoms with E-state index in [4.69, 9.17) is 0 Å². The first-order valence-corrected chi connectivity index (χ1v) is 6.94. The van der Waals surface area contributed by atoms with Gasteiger partial charge in [-0.1, -0.05) is 6.42 Å². The summed E-state index contributed by atoms with van der Waals surface area (Å²) in [7, 11) is 1.90. The molecule has 1 amide bonds. The third-order valence-corrected chi connectivity index (χ3v) is 3.85. The SMILES string of the molecule is Cn1nccc1-c1cncc(CNC(=O)C2CCC2)c1. The molecule has 0 aromatic carbocycles. The van der Waals surface area contributed by atoms with Gasteiger partial charge in [0.25, 0.3) is 0 Å². The molecule has 2 aromatic heterocycles. The predicted molar refractivity (Wildman–Crippen MR) is 75.6 cm³/mol. The maximum atomic E-state index is 11.8. The fraction of sp³-hybridized carbons (Fsp3) is 0.400. The average Bonchev–Trinajstić information content (AvgIpc) is 2.81. The molecule has 5 heteroatoms. The van der Waals surface area contributed by atoms with Gasteiger partial charge in [-0.3, -0.25) is 14.5 Å². The van der Waals surface area contributed by atoms with Crippen LogP contribution >= 0.6 is 0 Å². The summed E-state index contributed by atoms with van der Waals surface area (Å²) in [4.78, 5) is 16.1. The molecule has 1 aliphatic carbocycles. The van der Waals surface area contributed by atoms with Crippen molar-refractivity contribution < 1.29 is 4.79 Å². The summed E-state index contributed by atoms with van der Waals surface area (Å²) in [5.41, 5.74) is 3.04. The Balaban J connectivity index is 1.68. The number of carbonyl (C=O) groups excluding carboxylic acids is 1. The van der Waals surface area contributed by atoms with Crippen LogP contribution in [0.2, 0.25) is 0 Å². The first-order chi connectivity index (χ1) is 9.74. The van der Waals surface area contributed by atoms with Gasteiger partial charge in [0.1, 0.15) is 0 Å². The van der Waals surface area contributed by atoms with Crippen LogP contribution in [0.25, 0.3) is 11.3 Å². The Kier molecular flexibility index (Phi) is 3.50. The molecule has 2 aromatic rings. The Bertz CT molecular complexity index is 616. The number of aryl methyl sites for hydroxylation is 1. The molecule has 0 bridgehead atoms. The number of amides is 1. The second-order valence-electron chi connectivity index (χ2n) is 5.27. The molecule has 2 heterocycles. The van der Waals surface area contributed by atoms with Crippen LogP contribution < -0.4 is 5.32 Å². The summed E-state index contributed by atoms with van der Waals surface area (Å²) < 4.78 is 1.81.